The Labute approximate surface area is 111 Å². The fourth-order valence-corrected chi connectivity index (χ4v) is 2.88. The van der Waals surface area contributed by atoms with Gasteiger partial charge in [-0.05, 0) is 17.2 Å². The Bertz CT molecular complexity index is 664. The Morgan fingerprint density at radius 1 is 1.05 bits per heavy atom. The van der Waals surface area contributed by atoms with Crippen LogP contribution < -0.4 is 0 Å². The molecule has 0 radical (unpaired) electrons. The summed E-state index contributed by atoms with van der Waals surface area (Å²) < 4.78 is 64.9. The summed E-state index contributed by atoms with van der Waals surface area (Å²) in [6, 6.07) is 8.87. The fourth-order valence-electron chi connectivity index (χ4n) is 1.27. The van der Waals surface area contributed by atoms with Crippen molar-refractivity contribution in [1.82, 2.24) is 0 Å². The average Bonchev–Trinajstić information content (AvgIpc) is 2.72. The Kier molecular flexibility index (Phi) is 3.41. The van der Waals surface area contributed by atoms with Gasteiger partial charge in [0.15, 0.2) is 0 Å². The van der Waals surface area contributed by atoms with Gasteiger partial charge in [-0.15, -0.1) is 11.3 Å². The van der Waals surface area contributed by atoms with Crippen molar-refractivity contribution in [2.75, 3.05) is 0 Å². The third-order valence-electron chi connectivity index (χ3n) is 2.37. The molecule has 2 aliphatic carbocycles. The summed E-state index contributed by atoms with van der Waals surface area (Å²) in [7, 11) is -4.53. The molecular weight excluding hydrogens is 301 g/mol. The van der Waals surface area contributed by atoms with E-state index in [0.29, 0.717) is 6.07 Å². The van der Waals surface area contributed by atoms with E-state index in [-0.39, 0.29) is 11.3 Å². The first-order chi connectivity index (χ1) is 8.68. The lowest BCUT2D eigenvalue weighted by Crippen LogP contribution is -2.02. The van der Waals surface area contributed by atoms with Crippen LogP contribution in [0, 0.1) is 0 Å². The second kappa shape index (κ2) is 4.62. The van der Waals surface area contributed by atoms with E-state index in [1.165, 1.54) is 11.1 Å². The van der Waals surface area contributed by atoms with Crippen molar-refractivity contribution in [3.8, 4) is 11.1 Å². The standard InChI is InChI=1S/C6H4.C5H3F3O3S2/c1-2-6-4-3-5(1)6;6-5(7,8)4-1-3(2-12-4)13(9,10)11/h1-4H;1-2H,(H,9,10,11). The highest BCUT2D eigenvalue weighted by atomic mass is 32.2. The lowest BCUT2D eigenvalue weighted by molar-refractivity contribution is -0.134. The Hall–Kier alpha value is -1.38. The van der Waals surface area contributed by atoms with Crippen molar-refractivity contribution < 1.29 is 26.1 Å². The maximum Gasteiger partial charge on any atom is 0.425 e. The molecule has 8 heteroatoms. The van der Waals surface area contributed by atoms with Crippen molar-refractivity contribution in [2.45, 2.75) is 11.1 Å². The van der Waals surface area contributed by atoms with E-state index >= 15 is 0 Å². The molecule has 0 unspecified atom stereocenters. The molecule has 0 aromatic carbocycles. The highest BCUT2D eigenvalue weighted by molar-refractivity contribution is 7.86. The fraction of sp³-hybridized carbons (Fsp3) is 0.0909. The molecular formula is C11H7F3O3S2. The molecule has 0 spiro atoms. The van der Waals surface area contributed by atoms with Crippen LogP contribution in [0.3, 0.4) is 0 Å². The maximum absolute atomic E-state index is 11.9. The van der Waals surface area contributed by atoms with Gasteiger partial charge in [0.05, 0.1) is 0 Å². The summed E-state index contributed by atoms with van der Waals surface area (Å²) in [5.74, 6) is 0. The van der Waals surface area contributed by atoms with E-state index in [0.717, 1.165) is 5.38 Å². The zero-order valence-electron chi connectivity index (χ0n) is 9.18. The molecule has 1 N–H and O–H groups in total. The first kappa shape index (κ1) is 14.0. The highest BCUT2D eigenvalue weighted by Gasteiger charge is 2.33. The summed E-state index contributed by atoms with van der Waals surface area (Å²) in [5.41, 5.74) is 2.85. The molecule has 0 bridgehead atoms. The summed E-state index contributed by atoms with van der Waals surface area (Å²) in [6.07, 6.45) is -4.58. The summed E-state index contributed by atoms with van der Waals surface area (Å²) in [5, 5.41) is 0.734. The third kappa shape index (κ3) is 3.14. The number of rotatable bonds is 1. The van der Waals surface area contributed by atoms with Crippen LogP contribution in [0.2, 0.25) is 0 Å². The van der Waals surface area contributed by atoms with Crippen LogP contribution in [0.15, 0.2) is 40.6 Å². The molecule has 0 fully saturated rings. The number of benzene rings is 1. The predicted octanol–water partition coefficient (Wildman–Crippen LogP) is 3.68. The van der Waals surface area contributed by atoms with Crippen LogP contribution in [0.25, 0.3) is 11.1 Å². The average molecular weight is 308 g/mol. The minimum atomic E-state index is -4.58. The Balaban J connectivity index is 0.000000180. The summed E-state index contributed by atoms with van der Waals surface area (Å²) in [6.45, 7) is 0. The number of halogens is 3. The van der Waals surface area contributed by atoms with Crippen molar-refractivity contribution >= 4 is 21.5 Å². The molecule has 19 heavy (non-hydrogen) atoms. The first-order valence-corrected chi connectivity index (χ1v) is 7.23. The molecule has 1 aromatic heterocycles. The van der Waals surface area contributed by atoms with Gasteiger partial charge in [-0.2, -0.15) is 21.6 Å². The molecule has 0 aliphatic heterocycles. The molecule has 1 heterocycles. The van der Waals surface area contributed by atoms with Gasteiger partial charge in [0.25, 0.3) is 10.1 Å². The number of fused-ring (bicyclic) bond motifs is 1. The maximum atomic E-state index is 11.9. The second-order valence-corrected chi connectivity index (χ2v) is 6.03. The van der Waals surface area contributed by atoms with Crippen LogP contribution in [-0.2, 0) is 16.3 Å². The number of hydrogen-bond donors (Lipinski definition) is 1. The van der Waals surface area contributed by atoms with E-state index in [1.807, 2.05) is 0 Å². The van der Waals surface area contributed by atoms with E-state index in [1.54, 1.807) is 0 Å². The van der Waals surface area contributed by atoms with Gasteiger partial charge in [0, 0.05) is 5.38 Å². The van der Waals surface area contributed by atoms with Gasteiger partial charge >= 0.3 is 6.18 Å². The highest BCUT2D eigenvalue weighted by Crippen LogP contribution is 2.35. The zero-order valence-corrected chi connectivity index (χ0v) is 10.8. The molecule has 0 saturated carbocycles. The Morgan fingerprint density at radius 2 is 1.53 bits per heavy atom. The monoisotopic (exact) mass is 308 g/mol. The van der Waals surface area contributed by atoms with Crippen molar-refractivity contribution in [3.05, 3.63) is 40.6 Å². The Morgan fingerprint density at radius 3 is 1.68 bits per heavy atom. The van der Waals surface area contributed by atoms with Crippen LogP contribution in [0.4, 0.5) is 13.2 Å². The quantitative estimate of drug-likeness (QED) is 0.698. The SMILES string of the molecule is O=S(=O)(O)c1csc(C(F)(F)F)c1.c1cc2ccc1-2. The minimum absolute atomic E-state index is 0.219. The summed E-state index contributed by atoms with van der Waals surface area (Å²) in [4.78, 5) is -1.79. The number of thiophene rings is 1. The molecule has 0 atom stereocenters. The third-order valence-corrected chi connectivity index (χ3v) is 4.33. The lowest BCUT2D eigenvalue weighted by atomic mass is 9.95. The topological polar surface area (TPSA) is 54.4 Å². The van der Waals surface area contributed by atoms with Crippen molar-refractivity contribution in [2.24, 2.45) is 0 Å². The van der Waals surface area contributed by atoms with E-state index in [2.05, 4.69) is 24.3 Å². The molecule has 0 saturated heterocycles. The molecule has 3 rings (SSSR count). The van der Waals surface area contributed by atoms with Crippen molar-refractivity contribution in [3.63, 3.8) is 0 Å². The van der Waals surface area contributed by atoms with E-state index in [9.17, 15) is 21.6 Å². The van der Waals surface area contributed by atoms with E-state index < -0.39 is 26.1 Å². The lowest BCUT2D eigenvalue weighted by Gasteiger charge is -2.10. The molecule has 3 nitrogen and oxygen atoms in total. The van der Waals surface area contributed by atoms with Crippen LogP contribution in [-0.4, -0.2) is 13.0 Å². The normalized spacial score (nSPS) is 12.6. The molecule has 1 aromatic rings. The van der Waals surface area contributed by atoms with Crippen LogP contribution >= 0.6 is 11.3 Å². The zero-order chi connectivity index (χ0) is 14.3. The van der Waals surface area contributed by atoms with Gasteiger partial charge in [-0.3, -0.25) is 4.55 Å². The molecule has 2 aliphatic rings. The van der Waals surface area contributed by atoms with Gasteiger partial charge in [0.1, 0.15) is 9.77 Å². The van der Waals surface area contributed by atoms with Gasteiger partial charge in [-0.1, -0.05) is 24.3 Å². The number of hydrogen-bond acceptors (Lipinski definition) is 3. The molecule has 0 amide bonds. The van der Waals surface area contributed by atoms with Gasteiger partial charge in [-0.25, -0.2) is 0 Å². The smallest absolute Gasteiger partial charge is 0.282 e. The van der Waals surface area contributed by atoms with E-state index in [4.69, 9.17) is 4.55 Å². The second-order valence-electron chi connectivity index (χ2n) is 3.70. The van der Waals surface area contributed by atoms with Gasteiger partial charge in [0.2, 0.25) is 0 Å². The number of alkyl halides is 3. The first-order valence-electron chi connectivity index (χ1n) is 4.91. The summed E-state index contributed by atoms with van der Waals surface area (Å²) >= 11 is 0.219. The minimum Gasteiger partial charge on any atom is -0.282 e. The largest absolute Gasteiger partial charge is 0.425 e. The molecule has 102 valence electrons. The van der Waals surface area contributed by atoms with Crippen LogP contribution in [0.1, 0.15) is 4.88 Å². The predicted molar refractivity (Wildman–Crippen MR) is 64.6 cm³/mol. The van der Waals surface area contributed by atoms with Crippen LogP contribution in [0.5, 0.6) is 0 Å². The van der Waals surface area contributed by atoms with Crippen molar-refractivity contribution in [1.29, 1.82) is 0 Å². The van der Waals surface area contributed by atoms with Gasteiger partial charge < -0.3 is 0 Å².